The largest absolute Gasteiger partial charge is 0.468 e. The maximum absolute atomic E-state index is 5.62. The van der Waals surface area contributed by atoms with E-state index >= 15 is 0 Å². The Kier molecular flexibility index (Phi) is 4.73. The fourth-order valence-electron chi connectivity index (χ4n) is 2.52. The highest BCUT2D eigenvalue weighted by Gasteiger charge is 2.21. The summed E-state index contributed by atoms with van der Waals surface area (Å²) in [5, 5.41) is 3.52. The molecule has 1 N–H and O–H groups in total. The van der Waals surface area contributed by atoms with Crippen LogP contribution in [0.4, 0.5) is 0 Å². The first-order valence-corrected chi connectivity index (χ1v) is 7.82. The number of furan rings is 1. The molecule has 1 aliphatic rings. The summed E-state index contributed by atoms with van der Waals surface area (Å²) in [4.78, 5) is 2.36. The van der Waals surface area contributed by atoms with Gasteiger partial charge in [0.2, 0.25) is 0 Å². The van der Waals surface area contributed by atoms with Gasteiger partial charge in [0.15, 0.2) is 0 Å². The molecule has 0 radical (unpaired) electrons. The van der Waals surface area contributed by atoms with Crippen LogP contribution in [0.15, 0.2) is 47.1 Å². The lowest BCUT2D eigenvalue weighted by atomic mass is 10.1. The van der Waals surface area contributed by atoms with Crippen LogP contribution in [0.2, 0.25) is 0 Å². The number of rotatable bonds is 8. The Balaban J connectivity index is 1.47. The van der Waals surface area contributed by atoms with Crippen molar-refractivity contribution in [1.82, 2.24) is 10.2 Å². The smallest absolute Gasteiger partial charge is 0.122 e. The number of nitrogens with zero attached hydrogens (tertiary/aromatic N) is 1. The van der Waals surface area contributed by atoms with Crippen LogP contribution < -0.4 is 5.32 Å². The molecule has 3 heteroatoms. The second-order valence-corrected chi connectivity index (χ2v) is 6.00. The summed E-state index contributed by atoms with van der Waals surface area (Å²) in [5.41, 5.74) is 2.70. The van der Waals surface area contributed by atoms with Crippen molar-refractivity contribution in [3.63, 3.8) is 0 Å². The lowest BCUT2D eigenvalue weighted by Crippen LogP contribution is -2.22. The van der Waals surface area contributed by atoms with Crippen LogP contribution >= 0.6 is 0 Å². The minimum absolute atomic E-state index is 0.721. The minimum Gasteiger partial charge on any atom is -0.468 e. The molecule has 0 amide bonds. The zero-order chi connectivity index (χ0) is 14.5. The van der Waals surface area contributed by atoms with Gasteiger partial charge < -0.3 is 14.6 Å². The van der Waals surface area contributed by atoms with E-state index in [9.17, 15) is 0 Å². The summed E-state index contributed by atoms with van der Waals surface area (Å²) in [5.74, 6) is 1.09. The molecule has 2 aromatic rings. The topological polar surface area (TPSA) is 28.4 Å². The third-order valence-corrected chi connectivity index (χ3v) is 4.03. The van der Waals surface area contributed by atoms with Crippen molar-refractivity contribution in [2.75, 3.05) is 13.6 Å². The van der Waals surface area contributed by atoms with Crippen LogP contribution in [0, 0.1) is 0 Å². The molecule has 1 aromatic heterocycles. The van der Waals surface area contributed by atoms with E-state index in [1.165, 1.54) is 24.0 Å². The van der Waals surface area contributed by atoms with Gasteiger partial charge in [-0.2, -0.15) is 0 Å². The second kappa shape index (κ2) is 6.92. The monoisotopic (exact) mass is 284 g/mol. The summed E-state index contributed by atoms with van der Waals surface area (Å²) < 4.78 is 5.62. The third-order valence-electron chi connectivity index (χ3n) is 4.03. The van der Waals surface area contributed by atoms with E-state index < -0.39 is 0 Å². The average Bonchev–Trinajstić information content (AvgIpc) is 3.24. The number of nitrogens with one attached hydrogen (secondary N) is 1. The van der Waals surface area contributed by atoms with E-state index in [1.54, 1.807) is 0 Å². The van der Waals surface area contributed by atoms with E-state index in [0.717, 1.165) is 37.9 Å². The van der Waals surface area contributed by atoms with E-state index in [2.05, 4.69) is 53.7 Å². The molecule has 1 saturated carbocycles. The first-order chi connectivity index (χ1) is 10.3. The standard InChI is InChI=1S/C18H24N2O/c1-20(11-9-15-5-3-2-4-6-15)14-16-10-12-21-18(16)13-19-17-7-8-17/h2-6,10,12,17,19H,7-9,11,13-14H2,1H3. The fraction of sp³-hybridized carbons (Fsp3) is 0.444. The van der Waals surface area contributed by atoms with Crippen LogP contribution in [0.5, 0.6) is 0 Å². The summed E-state index contributed by atoms with van der Waals surface area (Å²) in [7, 11) is 2.17. The van der Waals surface area contributed by atoms with Gasteiger partial charge in [-0.25, -0.2) is 0 Å². The first-order valence-electron chi connectivity index (χ1n) is 7.82. The number of hydrogen-bond donors (Lipinski definition) is 1. The van der Waals surface area contributed by atoms with Gasteiger partial charge in [-0.05, 0) is 37.9 Å². The Bertz CT molecular complexity index is 545. The Hall–Kier alpha value is -1.58. The molecule has 1 aromatic carbocycles. The van der Waals surface area contributed by atoms with E-state index in [1.807, 2.05) is 6.26 Å². The van der Waals surface area contributed by atoms with Crippen LogP contribution in [0.25, 0.3) is 0 Å². The molecular formula is C18H24N2O. The quantitative estimate of drug-likeness (QED) is 0.807. The van der Waals surface area contributed by atoms with Crippen LogP contribution in [-0.4, -0.2) is 24.5 Å². The van der Waals surface area contributed by atoms with Crippen molar-refractivity contribution >= 4 is 0 Å². The molecule has 3 rings (SSSR count). The molecule has 0 unspecified atom stereocenters. The van der Waals surface area contributed by atoms with E-state index in [4.69, 9.17) is 4.42 Å². The molecule has 0 bridgehead atoms. The molecule has 21 heavy (non-hydrogen) atoms. The summed E-state index contributed by atoms with van der Waals surface area (Å²) in [6.45, 7) is 2.87. The van der Waals surface area contributed by atoms with Crippen molar-refractivity contribution in [2.24, 2.45) is 0 Å². The van der Waals surface area contributed by atoms with Gasteiger partial charge in [0.1, 0.15) is 5.76 Å². The van der Waals surface area contributed by atoms with E-state index in [0.29, 0.717) is 0 Å². The molecule has 0 aliphatic heterocycles. The van der Waals surface area contributed by atoms with Gasteiger partial charge in [-0.3, -0.25) is 0 Å². The van der Waals surface area contributed by atoms with Crippen molar-refractivity contribution in [2.45, 2.75) is 38.4 Å². The Morgan fingerprint density at radius 1 is 1.19 bits per heavy atom. The second-order valence-electron chi connectivity index (χ2n) is 6.00. The molecule has 0 saturated heterocycles. The van der Waals surface area contributed by atoms with Crippen LogP contribution in [-0.2, 0) is 19.5 Å². The lowest BCUT2D eigenvalue weighted by Gasteiger charge is -2.16. The first kappa shape index (κ1) is 14.4. The fourth-order valence-corrected chi connectivity index (χ4v) is 2.52. The van der Waals surface area contributed by atoms with Crippen molar-refractivity contribution in [1.29, 1.82) is 0 Å². The highest BCUT2D eigenvalue weighted by molar-refractivity contribution is 5.18. The number of hydrogen-bond acceptors (Lipinski definition) is 3. The van der Waals surface area contributed by atoms with Gasteiger partial charge in [0.05, 0.1) is 12.8 Å². The van der Waals surface area contributed by atoms with Crippen LogP contribution in [0.3, 0.4) is 0 Å². The highest BCUT2D eigenvalue weighted by atomic mass is 16.3. The van der Waals surface area contributed by atoms with Gasteiger partial charge in [-0.15, -0.1) is 0 Å². The van der Waals surface area contributed by atoms with E-state index in [-0.39, 0.29) is 0 Å². The Labute approximate surface area is 127 Å². The summed E-state index contributed by atoms with van der Waals surface area (Å²) >= 11 is 0. The van der Waals surface area contributed by atoms with Crippen molar-refractivity contribution in [3.8, 4) is 0 Å². The van der Waals surface area contributed by atoms with Crippen molar-refractivity contribution < 1.29 is 4.42 Å². The number of benzene rings is 1. The Morgan fingerprint density at radius 3 is 2.76 bits per heavy atom. The molecule has 0 atom stereocenters. The molecule has 0 spiro atoms. The maximum Gasteiger partial charge on any atom is 0.122 e. The maximum atomic E-state index is 5.62. The molecule has 3 nitrogen and oxygen atoms in total. The SMILES string of the molecule is CN(CCc1ccccc1)Cc1ccoc1CNC1CC1. The predicted octanol–water partition coefficient (Wildman–Crippen LogP) is 3.21. The molecule has 112 valence electrons. The van der Waals surface area contributed by atoms with Gasteiger partial charge in [0.25, 0.3) is 0 Å². The molecule has 1 fully saturated rings. The average molecular weight is 284 g/mol. The predicted molar refractivity (Wildman–Crippen MR) is 85.0 cm³/mol. The highest BCUT2D eigenvalue weighted by Crippen LogP contribution is 2.20. The lowest BCUT2D eigenvalue weighted by molar-refractivity contribution is 0.326. The normalized spacial score (nSPS) is 14.8. The van der Waals surface area contributed by atoms with Gasteiger partial charge in [0, 0.05) is 24.7 Å². The zero-order valence-electron chi connectivity index (χ0n) is 12.7. The van der Waals surface area contributed by atoms with Gasteiger partial charge in [-0.1, -0.05) is 30.3 Å². The van der Waals surface area contributed by atoms with Crippen molar-refractivity contribution in [3.05, 3.63) is 59.5 Å². The summed E-state index contributed by atoms with van der Waals surface area (Å²) in [6, 6.07) is 13.5. The third kappa shape index (κ3) is 4.45. The summed E-state index contributed by atoms with van der Waals surface area (Å²) in [6.07, 6.45) is 5.52. The number of likely N-dealkylation sites (N-methyl/N-ethyl adjacent to an activating group) is 1. The minimum atomic E-state index is 0.721. The molecular weight excluding hydrogens is 260 g/mol. The molecule has 1 heterocycles. The van der Waals surface area contributed by atoms with Gasteiger partial charge >= 0.3 is 0 Å². The Morgan fingerprint density at radius 2 is 2.00 bits per heavy atom. The molecule has 1 aliphatic carbocycles. The zero-order valence-corrected chi connectivity index (χ0v) is 12.7. The van der Waals surface area contributed by atoms with Crippen LogP contribution in [0.1, 0.15) is 29.7 Å².